The standard InChI is InChI=1S/C68H42N4S2/c1-37-31-53-49-27-29-51-45-21-9-11-25-59(45)73-67(51)65(49)71(57(53)33-39(37)3)63-55(35-69)61(47-23-13-17-41-15-5-7-19-43(41)47)56(36-70)64(62(63)48-24-14-18-42-16-6-8-20-44(42)48)72-58-34-40(4)38(2)32-54(58)50-28-30-52-46-22-10-12-26-60(46)74-68(52)66(50)72/h5-34H,1-4H3. The van der Waals surface area contributed by atoms with Gasteiger partial charge in [-0.25, -0.2) is 0 Å². The Morgan fingerprint density at radius 3 is 1.19 bits per heavy atom. The lowest BCUT2D eigenvalue weighted by Crippen LogP contribution is -2.11. The summed E-state index contributed by atoms with van der Waals surface area (Å²) in [5.74, 6) is 0. The summed E-state index contributed by atoms with van der Waals surface area (Å²) < 4.78 is 9.57. The van der Waals surface area contributed by atoms with Gasteiger partial charge in [0, 0.05) is 63.6 Å². The molecule has 4 aromatic heterocycles. The molecule has 4 nitrogen and oxygen atoms in total. The molecule has 6 heteroatoms. The number of hydrogen-bond donors (Lipinski definition) is 0. The molecule has 15 aromatic rings. The fraction of sp³-hybridized carbons (Fsp3) is 0.0588. The van der Waals surface area contributed by atoms with Crippen molar-refractivity contribution in [2.45, 2.75) is 27.7 Å². The summed E-state index contributed by atoms with van der Waals surface area (Å²) in [7, 11) is 0. The molecule has 0 bridgehead atoms. The van der Waals surface area contributed by atoms with Crippen LogP contribution in [-0.2, 0) is 0 Å². The van der Waals surface area contributed by atoms with Gasteiger partial charge >= 0.3 is 0 Å². The van der Waals surface area contributed by atoms with E-state index in [1.807, 2.05) is 0 Å². The predicted octanol–water partition coefficient (Wildman–Crippen LogP) is 19.2. The second-order valence-corrected chi connectivity index (χ2v) is 22.0. The summed E-state index contributed by atoms with van der Waals surface area (Å²) in [6, 6.07) is 71.4. The van der Waals surface area contributed by atoms with Gasteiger partial charge in [0.15, 0.2) is 0 Å². The highest BCUT2D eigenvalue weighted by Crippen LogP contribution is 2.54. The molecule has 0 unspecified atom stereocenters. The summed E-state index contributed by atoms with van der Waals surface area (Å²) in [4.78, 5) is 0. The minimum Gasteiger partial charge on any atom is -0.306 e. The van der Waals surface area contributed by atoms with Crippen LogP contribution in [0.3, 0.4) is 0 Å². The molecule has 0 amide bonds. The number of aromatic nitrogens is 2. The molecule has 0 fully saturated rings. The van der Waals surface area contributed by atoms with Crippen molar-refractivity contribution in [1.82, 2.24) is 9.13 Å². The van der Waals surface area contributed by atoms with Crippen LogP contribution in [0.5, 0.6) is 0 Å². The minimum absolute atomic E-state index is 0.444. The van der Waals surface area contributed by atoms with E-state index < -0.39 is 0 Å². The average Bonchev–Trinajstić information content (AvgIpc) is 4.18. The minimum atomic E-state index is 0.444. The molecule has 4 heterocycles. The summed E-state index contributed by atoms with van der Waals surface area (Å²) in [6.07, 6.45) is 0. The smallest absolute Gasteiger partial charge is 0.102 e. The van der Waals surface area contributed by atoms with E-state index in [2.05, 4.69) is 231 Å². The highest BCUT2D eigenvalue weighted by molar-refractivity contribution is 7.27. The van der Waals surface area contributed by atoms with Crippen molar-refractivity contribution >= 4 is 128 Å². The van der Waals surface area contributed by atoms with E-state index in [0.717, 1.165) is 114 Å². The molecule has 74 heavy (non-hydrogen) atoms. The van der Waals surface area contributed by atoms with Gasteiger partial charge in [-0.3, -0.25) is 0 Å². The largest absolute Gasteiger partial charge is 0.306 e. The highest BCUT2D eigenvalue weighted by atomic mass is 32.1. The number of aryl methyl sites for hydroxylation is 4. The van der Waals surface area contributed by atoms with Crippen LogP contribution in [0.1, 0.15) is 33.4 Å². The van der Waals surface area contributed by atoms with Gasteiger partial charge in [-0.2, -0.15) is 10.5 Å². The molecule has 11 aromatic carbocycles. The highest BCUT2D eigenvalue weighted by Gasteiger charge is 2.34. The first-order valence-corrected chi connectivity index (χ1v) is 26.7. The first-order valence-electron chi connectivity index (χ1n) is 25.0. The average molecular weight is 979 g/mol. The molecule has 0 saturated carbocycles. The van der Waals surface area contributed by atoms with Crippen molar-refractivity contribution in [3.63, 3.8) is 0 Å². The maximum absolute atomic E-state index is 12.5. The van der Waals surface area contributed by atoms with Crippen LogP contribution in [-0.4, -0.2) is 9.13 Å². The van der Waals surface area contributed by atoms with E-state index in [0.29, 0.717) is 16.7 Å². The Balaban J connectivity index is 1.30. The topological polar surface area (TPSA) is 57.4 Å². The fourth-order valence-electron chi connectivity index (χ4n) is 12.3. The first-order chi connectivity index (χ1) is 36.3. The molecular formula is C68H42N4S2. The third-order valence-corrected chi connectivity index (χ3v) is 18.4. The van der Waals surface area contributed by atoms with E-state index in [1.165, 1.54) is 42.1 Å². The Morgan fingerprint density at radius 2 is 0.730 bits per heavy atom. The Hall–Kier alpha value is -9.04. The number of thiophene rings is 2. The zero-order valence-corrected chi connectivity index (χ0v) is 42.6. The zero-order chi connectivity index (χ0) is 49.7. The van der Waals surface area contributed by atoms with Gasteiger partial charge in [0.2, 0.25) is 0 Å². The molecule has 0 saturated heterocycles. The van der Waals surface area contributed by atoms with Crippen LogP contribution in [0, 0.1) is 50.4 Å². The quantitative estimate of drug-likeness (QED) is 0.176. The van der Waals surface area contributed by atoms with Crippen molar-refractivity contribution in [2.24, 2.45) is 0 Å². The number of nitriles is 2. The maximum atomic E-state index is 12.5. The Morgan fingerprint density at radius 1 is 0.351 bits per heavy atom. The van der Waals surface area contributed by atoms with Gasteiger partial charge in [0.1, 0.15) is 12.1 Å². The second-order valence-electron chi connectivity index (χ2n) is 19.9. The van der Waals surface area contributed by atoms with Crippen LogP contribution in [0.4, 0.5) is 0 Å². The van der Waals surface area contributed by atoms with Crippen molar-refractivity contribution < 1.29 is 0 Å². The van der Waals surface area contributed by atoms with Gasteiger partial charge < -0.3 is 9.13 Å². The molecule has 346 valence electrons. The summed E-state index contributed by atoms with van der Waals surface area (Å²) >= 11 is 3.61. The lowest BCUT2D eigenvalue weighted by molar-refractivity contribution is 1.13. The normalized spacial score (nSPS) is 12.0. The maximum Gasteiger partial charge on any atom is 0.102 e. The van der Waals surface area contributed by atoms with Crippen LogP contribution in [0.2, 0.25) is 0 Å². The Kier molecular flexibility index (Phi) is 9.06. The van der Waals surface area contributed by atoms with Crippen molar-refractivity contribution in [3.8, 4) is 45.8 Å². The van der Waals surface area contributed by atoms with E-state index in [1.54, 1.807) is 22.7 Å². The molecule has 0 aliphatic rings. The molecule has 0 aliphatic heterocycles. The Labute approximate surface area is 434 Å². The molecule has 0 atom stereocenters. The van der Waals surface area contributed by atoms with Crippen molar-refractivity contribution in [1.29, 1.82) is 10.5 Å². The zero-order valence-electron chi connectivity index (χ0n) is 40.9. The third-order valence-electron chi connectivity index (χ3n) is 16.0. The molecular weight excluding hydrogens is 937 g/mol. The van der Waals surface area contributed by atoms with Crippen molar-refractivity contribution in [3.05, 3.63) is 215 Å². The van der Waals surface area contributed by atoms with Gasteiger partial charge in [-0.15, -0.1) is 22.7 Å². The predicted molar refractivity (Wildman–Crippen MR) is 315 cm³/mol. The number of hydrogen-bond acceptors (Lipinski definition) is 4. The molecule has 0 spiro atoms. The number of fused-ring (bicyclic) bond motifs is 16. The molecule has 0 N–H and O–H groups in total. The van der Waals surface area contributed by atoms with Crippen LogP contribution in [0.15, 0.2) is 182 Å². The lowest BCUT2D eigenvalue weighted by Gasteiger charge is -2.26. The van der Waals surface area contributed by atoms with Gasteiger partial charge in [-0.1, -0.05) is 146 Å². The lowest BCUT2D eigenvalue weighted by atomic mass is 9.84. The van der Waals surface area contributed by atoms with Gasteiger partial charge in [0.05, 0.1) is 54.0 Å². The number of nitrogens with zero attached hydrogens (tertiary/aromatic N) is 4. The summed E-state index contributed by atoms with van der Waals surface area (Å²) in [5.41, 5.74) is 14.4. The summed E-state index contributed by atoms with van der Waals surface area (Å²) in [6.45, 7) is 8.76. The third kappa shape index (κ3) is 5.75. The van der Waals surface area contributed by atoms with Gasteiger partial charge in [0.25, 0.3) is 0 Å². The fourth-order valence-corrected chi connectivity index (χ4v) is 14.8. The Bertz CT molecular complexity index is 4850. The second kappa shape index (κ2) is 15.7. The monoisotopic (exact) mass is 978 g/mol. The SMILES string of the molecule is Cc1cc2c3ccc4c5ccccc5sc4c3n(-c3c(C#N)c(-c4cccc5ccccc45)c(C#N)c(-n4c5cc(C)c(C)cc5c5ccc6c7ccccc7sc6c54)c3-c3cccc4ccccc34)c2cc1C. The molecule has 0 aliphatic carbocycles. The molecule has 0 radical (unpaired) electrons. The summed E-state index contributed by atoms with van der Waals surface area (Å²) in [5, 5.41) is 38.3. The van der Waals surface area contributed by atoms with Crippen LogP contribution < -0.4 is 0 Å². The molecule has 15 rings (SSSR count). The van der Waals surface area contributed by atoms with Crippen LogP contribution >= 0.6 is 22.7 Å². The van der Waals surface area contributed by atoms with E-state index in [-0.39, 0.29) is 0 Å². The van der Waals surface area contributed by atoms with E-state index >= 15 is 0 Å². The van der Waals surface area contributed by atoms with Crippen molar-refractivity contribution in [2.75, 3.05) is 0 Å². The first kappa shape index (κ1) is 42.6. The van der Waals surface area contributed by atoms with Gasteiger partial charge in [-0.05, 0) is 119 Å². The number of rotatable bonds is 4. The number of benzene rings is 11. The van der Waals surface area contributed by atoms with E-state index in [4.69, 9.17) is 0 Å². The van der Waals surface area contributed by atoms with Crippen LogP contribution in [0.25, 0.3) is 139 Å². The van der Waals surface area contributed by atoms with E-state index in [9.17, 15) is 10.5 Å².